The first-order valence-electron chi connectivity index (χ1n) is 6.50. The summed E-state index contributed by atoms with van der Waals surface area (Å²) in [5, 5.41) is 12.1. The van der Waals surface area contributed by atoms with E-state index in [2.05, 4.69) is 5.32 Å². The molecule has 1 aromatic rings. The Morgan fingerprint density at radius 2 is 1.95 bits per heavy atom. The van der Waals surface area contributed by atoms with Crippen molar-refractivity contribution in [3.63, 3.8) is 0 Å². The van der Waals surface area contributed by atoms with Crippen LogP contribution in [-0.4, -0.2) is 30.8 Å². The smallest absolute Gasteiger partial charge is 0.227 e. The fraction of sp³-hybridized carbons (Fsp3) is 0.500. The topological polar surface area (TPSA) is 84.6 Å². The Morgan fingerprint density at radius 1 is 1.32 bits per heavy atom. The maximum Gasteiger partial charge on any atom is 0.227 e. The van der Waals surface area contributed by atoms with E-state index < -0.39 is 5.41 Å². The number of hydrogen-bond acceptors (Lipinski definition) is 4. The van der Waals surface area contributed by atoms with Crippen LogP contribution in [0.15, 0.2) is 24.3 Å². The van der Waals surface area contributed by atoms with Gasteiger partial charge in [-0.05, 0) is 30.5 Å². The van der Waals surface area contributed by atoms with E-state index in [-0.39, 0.29) is 11.7 Å². The SMILES string of the molecule is NCC1(C(=O)NCc2ccc(O)cc2)CCOCC1. The molecule has 2 rings (SSSR count). The Morgan fingerprint density at radius 3 is 2.53 bits per heavy atom. The number of phenolic OH excluding ortho intramolecular Hbond substituents is 1. The van der Waals surface area contributed by atoms with Gasteiger partial charge in [-0.25, -0.2) is 0 Å². The second-order valence-corrected chi connectivity index (χ2v) is 4.95. The quantitative estimate of drug-likeness (QED) is 0.749. The zero-order chi connectivity index (χ0) is 13.7. The molecule has 4 N–H and O–H groups in total. The first kappa shape index (κ1) is 13.8. The van der Waals surface area contributed by atoms with E-state index in [0.29, 0.717) is 39.1 Å². The van der Waals surface area contributed by atoms with Gasteiger partial charge in [0.05, 0.1) is 5.41 Å². The van der Waals surface area contributed by atoms with Gasteiger partial charge >= 0.3 is 0 Å². The van der Waals surface area contributed by atoms with E-state index in [1.165, 1.54) is 0 Å². The number of hydrogen-bond donors (Lipinski definition) is 3. The van der Waals surface area contributed by atoms with Crippen molar-refractivity contribution in [1.29, 1.82) is 0 Å². The van der Waals surface area contributed by atoms with Gasteiger partial charge < -0.3 is 20.9 Å². The number of nitrogens with one attached hydrogen (secondary N) is 1. The Balaban J connectivity index is 1.94. The lowest BCUT2D eigenvalue weighted by Crippen LogP contribution is -2.48. The number of phenols is 1. The number of nitrogens with two attached hydrogens (primary N) is 1. The average Bonchev–Trinajstić information content (AvgIpc) is 2.47. The Labute approximate surface area is 112 Å². The number of amides is 1. The molecule has 0 aliphatic carbocycles. The van der Waals surface area contributed by atoms with Gasteiger partial charge in [-0.1, -0.05) is 12.1 Å². The van der Waals surface area contributed by atoms with Crippen LogP contribution in [0.2, 0.25) is 0 Å². The normalized spacial score (nSPS) is 17.9. The van der Waals surface area contributed by atoms with E-state index in [4.69, 9.17) is 10.5 Å². The number of ether oxygens (including phenoxy) is 1. The maximum atomic E-state index is 12.3. The predicted octanol–water partition coefficient (Wildman–Crippen LogP) is 0.764. The molecule has 1 aliphatic rings. The summed E-state index contributed by atoms with van der Waals surface area (Å²) in [5.41, 5.74) is 6.24. The van der Waals surface area contributed by atoms with Crippen molar-refractivity contribution < 1.29 is 14.6 Å². The lowest BCUT2D eigenvalue weighted by Gasteiger charge is -2.34. The molecule has 1 heterocycles. The summed E-state index contributed by atoms with van der Waals surface area (Å²) < 4.78 is 5.29. The van der Waals surface area contributed by atoms with Crippen molar-refractivity contribution >= 4 is 5.91 Å². The molecule has 0 aromatic heterocycles. The molecular weight excluding hydrogens is 244 g/mol. The van der Waals surface area contributed by atoms with E-state index in [1.54, 1.807) is 24.3 Å². The van der Waals surface area contributed by atoms with Crippen molar-refractivity contribution in [3.8, 4) is 5.75 Å². The summed E-state index contributed by atoms with van der Waals surface area (Å²) in [6.45, 7) is 1.97. The van der Waals surface area contributed by atoms with Crippen LogP contribution in [0.4, 0.5) is 0 Å². The molecule has 19 heavy (non-hydrogen) atoms. The molecule has 5 heteroatoms. The molecule has 1 aliphatic heterocycles. The summed E-state index contributed by atoms with van der Waals surface area (Å²) in [6.07, 6.45) is 1.34. The largest absolute Gasteiger partial charge is 0.508 e. The van der Waals surface area contributed by atoms with Crippen LogP contribution in [0.1, 0.15) is 18.4 Å². The van der Waals surface area contributed by atoms with Gasteiger partial charge in [0.2, 0.25) is 5.91 Å². The van der Waals surface area contributed by atoms with E-state index >= 15 is 0 Å². The summed E-state index contributed by atoms with van der Waals surface area (Å²) in [5.74, 6) is 0.212. The van der Waals surface area contributed by atoms with Crippen molar-refractivity contribution in [3.05, 3.63) is 29.8 Å². The third-order valence-electron chi connectivity index (χ3n) is 3.71. The molecule has 1 amide bonds. The van der Waals surface area contributed by atoms with Gasteiger partial charge in [-0.2, -0.15) is 0 Å². The molecule has 0 saturated carbocycles. The van der Waals surface area contributed by atoms with Gasteiger partial charge in [0, 0.05) is 26.3 Å². The minimum absolute atomic E-state index is 0.00799. The van der Waals surface area contributed by atoms with Crippen LogP contribution in [0.25, 0.3) is 0 Å². The first-order chi connectivity index (χ1) is 9.16. The number of rotatable bonds is 4. The van der Waals surface area contributed by atoms with Crippen LogP contribution in [0.3, 0.4) is 0 Å². The molecular formula is C14H20N2O3. The van der Waals surface area contributed by atoms with Gasteiger partial charge in [-0.15, -0.1) is 0 Å². The minimum Gasteiger partial charge on any atom is -0.508 e. The second-order valence-electron chi connectivity index (χ2n) is 4.95. The molecule has 1 fully saturated rings. The molecule has 1 aromatic carbocycles. The van der Waals surface area contributed by atoms with Crippen LogP contribution >= 0.6 is 0 Å². The molecule has 104 valence electrons. The third kappa shape index (κ3) is 3.24. The Bertz CT molecular complexity index is 425. The Kier molecular flexibility index (Phi) is 4.39. The maximum absolute atomic E-state index is 12.3. The van der Waals surface area contributed by atoms with Crippen molar-refractivity contribution in [1.82, 2.24) is 5.32 Å². The van der Waals surface area contributed by atoms with Gasteiger partial charge in [-0.3, -0.25) is 4.79 Å². The highest BCUT2D eigenvalue weighted by Crippen LogP contribution is 2.29. The molecule has 5 nitrogen and oxygen atoms in total. The fourth-order valence-corrected chi connectivity index (χ4v) is 2.27. The highest BCUT2D eigenvalue weighted by Gasteiger charge is 2.38. The summed E-state index contributed by atoms with van der Waals surface area (Å²) in [7, 11) is 0. The molecule has 0 radical (unpaired) electrons. The number of carbonyl (C=O) groups excluding carboxylic acids is 1. The number of aromatic hydroxyl groups is 1. The third-order valence-corrected chi connectivity index (χ3v) is 3.71. The first-order valence-corrected chi connectivity index (χ1v) is 6.50. The van der Waals surface area contributed by atoms with E-state index in [0.717, 1.165) is 5.56 Å². The predicted molar refractivity (Wildman–Crippen MR) is 71.5 cm³/mol. The van der Waals surface area contributed by atoms with E-state index in [9.17, 15) is 9.90 Å². The number of carbonyl (C=O) groups is 1. The van der Waals surface area contributed by atoms with Crippen LogP contribution in [0.5, 0.6) is 5.75 Å². The summed E-state index contributed by atoms with van der Waals surface area (Å²) in [6, 6.07) is 6.78. The summed E-state index contributed by atoms with van der Waals surface area (Å²) >= 11 is 0. The van der Waals surface area contributed by atoms with Crippen LogP contribution < -0.4 is 11.1 Å². The lowest BCUT2D eigenvalue weighted by molar-refractivity contribution is -0.136. The fourth-order valence-electron chi connectivity index (χ4n) is 2.27. The standard InChI is InChI=1S/C14H20N2O3/c15-10-14(5-7-19-8-6-14)13(18)16-9-11-1-3-12(17)4-2-11/h1-4,17H,5-10,15H2,(H,16,18). The van der Waals surface area contributed by atoms with Gasteiger partial charge in [0.1, 0.15) is 5.75 Å². The van der Waals surface area contributed by atoms with Crippen LogP contribution in [0, 0.1) is 5.41 Å². The highest BCUT2D eigenvalue weighted by molar-refractivity contribution is 5.83. The van der Waals surface area contributed by atoms with Crippen molar-refractivity contribution in [2.24, 2.45) is 11.1 Å². The molecule has 0 unspecified atom stereocenters. The zero-order valence-electron chi connectivity index (χ0n) is 10.9. The molecule has 0 spiro atoms. The van der Waals surface area contributed by atoms with Crippen molar-refractivity contribution in [2.45, 2.75) is 19.4 Å². The highest BCUT2D eigenvalue weighted by atomic mass is 16.5. The second kappa shape index (κ2) is 6.04. The summed E-state index contributed by atoms with van der Waals surface area (Å²) in [4.78, 5) is 12.3. The molecule has 0 atom stereocenters. The molecule has 0 bridgehead atoms. The van der Waals surface area contributed by atoms with E-state index in [1.807, 2.05) is 0 Å². The zero-order valence-corrected chi connectivity index (χ0v) is 10.9. The van der Waals surface area contributed by atoms with Gasteiger partial charge in [0.15, 0.2) is 0 Å². The van der Waals surface area contributed by atoms with Gasteiger partial charge in [0.25, 0.3) is 0 Å². The van der Waals surface area contributed by atoms with Crippen molar-refractivity contribution in [2.75, 3.05) is 19.8 Å². The number of benzene rings is 1. The Hall–Kier alpha value is -1.59. The minimum atomic E-state index is -0.491. The average molecular weight is 264 g/mol. The monoisotopic (exact) mass is 264 g/mol. The lowest BCUT2D eigenvalue weighted by atomic mass is 9.79. The molecule has 1 saturated heterocycles. The van der Waals surface area contributed by atoms with Crippen LogP contribution in [-0.2, 0) is 16.1 Å².